The van der Waals surface area contributed by atoms with Crippen LogP contribution in [0.5, 0.6) is 0 Å². The average molecular weight is 208 g/mol. The van der Waals surface area contributed by atoms with Crippen LogP contribution < -0.4 is 0 Å². The molecule has 1 unspecified atom stereocenters. The van der Waals surface area contributed by atoms with Gasteiger partial charge in [-0.3, -0.25) is 0 Å². The van der Waals surface area contributed by atoms with E-state index in [1.54, 1.807) is 6.26 Å². The molecule has 0 radical (unpaired) electrons. The second kappa shape index (κ2) is 4.40. The molecule has 0 aromatic carbocycles. The Morgan fingerprint density at radius 1 is 1.47 bits per heavy atom. The summed E-state index contributed by atoms with van der Waals surface area (Å²) in [5.41, 5.74) is 1.50. The number of furan rings is 1. The number of ether oxygens (including phenoxy) is 1. The second-order valence-electron chi connectivity index (χ2n) is 5.07. The summed E-state index contributed by atoms with van der Waals surface area (Å²) in [5, 5.41) is 0. The average Bonchev–Trinajstić information content (AvgIpc) is 2.88. The summed E-state index contributed by atoms with van der Waals surface area (Å²) in [6.07, 6.45) is 8.91. The number of hydrogen-bond acceptors (Lipinski definition) is 2. The molecular formula is C13H20O2. The molecule has 1 saturated heterocycles. The molecule has 0 amide bonds. The van der Waals surface area contributed by atoms with Gasteiger partial charge in [-0.05, 0) is 42.7 Å². The van der Waals surface area contributed by atoms with E-state index in [0.717, 1.165) is 19.4 Å². The molecule has 1 aromatic rings. The predicted molar refractivity (Wildman–Crippen MR) is 59.9 cm³/mol. The normalized spacial score (nSPS) is 22.1. The first-order valence-electron chi connectivity index (χ1n) is 5.83. The van der Waals surface area contributed by atoms with Gasteiger partial charge in [0.05, 0.1) is 18.6 Å². The van der Waals surface area contributed by atoms with Crippen molar-refractivity contribution in [3.05, 3.63) is 24.2 Å². The van der Waals surface area contributed by atoms with Crippen molar-refractivity contribution in [3.63, 3.8) is 0 Å². The Morgan fingerprint density at radius 2 is 2.33 bits per heavy atom. The van der Waals surface area contributed by atoms with Gasteiger partial charge in [0.1, 0.15) is 0 Å². The van der Waals surface area contributed by atoms with Crippen molar-refractivity contribution >= 4 is 0 Å². The fourth-order valence-corrected chi connectivity index (χ4v) is 2.19. The van der Waals surface area contributed by atoms with E-state index in [4.69, 9.17) is 9.15 Å². The second-order valence-corrected chi connectivity index (χ2v) is 5.07. The van der Waals surface area contributed by atoms with E-state index in [9.17, 15) is 0 Å². The maximum Gasteiger partial charge on any atom is 0.0939 e. The van der Waals surface area contributed by atoms with Crippen molar-refractivity contribution in [2.45, 2.75) is 51.0 Å². The quantitative estimate of drug-likeness (QED) is 0.755. The van der Waals surface area contributed by atoms with Gasteiger partial charge in [0.25, 0.3) is 0 Å². The maximum atomic E-state index is 5.64. The van der Waals surface area contributed by atoms with Crippen LogP contribution in [0, 0.1) is 0 Å². The summed E-state index contributed by atoms with van der Waals surface area (Å²) < 4.78 is 10.8. The lowest BCUT2D eigenvalue weighted by atomic mass is 9.81. The molecule has 2 nitrogen and oxygen atoms in total. The Balaban J connectivity index is 1.87. The summed E-state index contributed by atoms with van der Waals surface area (Å²) >= 11 is 0. The molecule has 1 aromatic heterocycles. The van der Waals surface area contributed by atoms with Crippen LogP contribution in [-0.4, -0.2) is 12.7 Å². The standard InChI is InChI=1S/C13H20O2/c1-13(2,11-6-9-14-10-11)7-5-12-4-3-8-15-12/h6,9-10,12H,3-5,7-8H2,1-2H3. The lowest BCUT2D eigenvalue weighted by Gasteiger charge is -2.24. The zero-order valence-corrected chi connectivity index (χ0v) is 9.66. The van der Waals surface area contributed by atoms with Crippen LogP contribution >= 0.6 is 0 Å². The lowest BCUT2D eigenvalue weighted by molar-refractivity contribution is 0.0973. The summed E-state index contributed by atoms with van der Waals surface area (Å²) in [6, 6.07) is 2.06. The Bertz CT molecular complexity index is 281. The van der Waals surface area contributed by atoms with E-state index < -0.39 is 0 Å². The molecule has 1 atom stereocenters. The van der Waals surface area contributed by atoms with Gasteiger partial charge >= 0.3 is 0 Å². The fourth-order valence-electron chi connectivity index (χ4n) is 2.19. The molecular weight excluding hydrogens is 188 g/mol. The van der Waals surface area contributed by atoms with Gasteiger partial charge in [-0.2, -0.15) is 0 Å². The highest BCUT2D eigenvalue weighted by atomic mass is 16.5. The van der Waals surface area contributed by atoms with Gasteiger partial charge in [0.2, 0.25) is 0 Å². The third-order valence-corrected chi connectivity index (χ3v) is 3.42. The van der Waals surface area contributed by atoms with Crippen molar-refractivity contribution in [2.75, 3.05) is 6.61 Å². The summed E-state index contributed by atoms with van der Waals surface area (Å²) in [6.45, 7) is 5.50. The number of rotatable bonds is 4. The third-order valence-electron chi connectivity index (χ3n) is 3.42. The molecule has 0 bridgehead atoms. The van der Waals surface area contributed by atoms with Crippen molar-refractivity contribution in [3.8, 4) is 0 Å². The summed E-state index contributed by atoms with van der Waals surface area (Å²) in [4.78, 5) is 0. The first-order chi connectivity index (χ1) is 7.18. The van der Waals surface area contributed by atoms with Crippen LogP contribution in [0.25, 0.3) is 0 Å². The van der Waals surface area contributed by atoms with Gasteiger partial charge in [-0.25, -0.2) is 0 Å². The molecule has 0 N–H and O–H groups in total. The Hall–Kier alpha value is -0.760. The molecule has 0 aliphatic carbocycles. The molecule has 0 spiro atoms. The predicted octanol–water partition coefficient (Wildman–Crippen LogP) is 3.52. The van der Waals surface area contributed by atoms with Gasteiger partial charge in [0.15, 0.2) is 0 Å². The first kappa shape index (κ1) is 10.7. The SMILES string of the molecule is CC(C)(CCC1CCCO1)c1ccoc1. The van der Waals surface area contributed by atoms with Crippen molar-refractivity contribution in [2.24, 2.45) is 0 Å². The Labute approximate surface area is 91.6 Å². The highest BCUT2D eigenvalue weighted by molar-refractivity contribution is 5.17. The minimum absolute atomic E-state index is 0.207. The largest absolute Gasteiger partial charge is 0.472 e. The summed E-state index contributed by atoms with van der Waals surface area (Å²) in [7, 11) is 0. The summed E-state index contributed by atoms with van der Waals surface area (Å²) in [5.74, 6) is 0. The molecule has 84 valence electrons. The molecule has 1 aliphatic rings. The molecule has 1 aliphatic heterocycles. The number of hydrogen-bond donors (Lipinski definition) is 0. The smallest absolute Gasteiger partial charge is 0.0939 e. The monoisotopic (exact) mass is 208 g/mol. The van der Waals surface area contributed by atoms with E-state index in [-0.39, 0.29) is 5.41 Å². The first-order valence-corrected chi connectivity index (χ1v) is 5.83. The highest BCUT2D eigenvalue weighted by Gasteiger charge is 2.24. The molecule has 15 heavy (non-hydrogen) atoms. The lowest BCUT2D eigenvalue weighted by Crippen LogP contribution is -2.19. The Kier molecular flexibility index (Phi) is 3.15. The minimum atomic E-state index is 0.207. The zero-order chi connectivity index (χ0) is 10.7. The molecule has 2 rings (SSSR count). The van der Waals surface area contributed by atoms with Gasteiger partial charge in [-0.15, -0.1) is 0 Å². The van der Waals surface area contributed by atoms with Crippen molar-refractivity contribution in [1.82, 2.24) is 0 Å². The third kappa shape index (κ3) is 2.63. The van der Waals surface area contributed by atoms with E-state index >= 15 is 0 Å². The van der Waals surface area contributed by atoms with Crippen molar-refractivity contribution < 1.29 is 9.15 Å². The van der Waals surface area contributed by atoms with Crippen LogP contribution in [0.4, 0.5) is 0 Å². The van der Waals surface area contributed by atoms with Gasteiger partial charge in [0, 0.05) is 6.61 Å². The fraction of sp³-hybridized carbons (Fsp3) is 0.692. The highest BCUT2D eigenvalue weighted by Crippen LogP contribution is 2.31. The van der Waals surface area contributed by atoms with Crippen LogP contribution in [0.3, 0.4) is 0 Å². The minimum Gasteiger partial charge on any atom is -0.472 e. The van der Waals surface area contributed by atoms with Crippen LogP contribution in [0.1, 0.15) is 45.1 Å². The van der Waals surface area contributed by atoms with Crippen LogP contribution in [0.2, 0.25) is 0 Å². The van der Waals surface area contributed by atoms with E-state index in [2.05, 4.69) is 19.9 Å². The molecule has 0 saturated carbocycles. The maximum absolute atomic E-state index is 5.64. The topological polar surface area (TPSA) is 22.4 Å². The Morgan fingerprint density at radius 3 is 2.93 bits per heavy atom. The van der Waals surface area contributed by atoms with E-state index in [1.807, 2.05) is 6.26 Å². The molecule has 2 heterocycles. The van der Waals surface area contributed by atoms with E-state index in [0.29, 0.717) is 6.10 Å². The van der Waals surface area contributed by atoms with Crippen molar-refractivity contribution in [1.29, 1.82) is 0 Å². The molecule has 2 heteroatoms. The molecule has 1 fully saturated rings. The van der Waals surface area contributed by atoms with Crippen LogP contribution in [0.15, 0.2) is 23.0 Å². The van der Waals surface area contributed by atoms with Crippen LogP contribution in [-0.2, 0) is 10.2 Å². The van der Waals surface area contributed by atoms with E-state index in [1.165, 1.54) is 18.4 Å². The van der Waals surface area contributed by atoms with Gasteiger partial charge in [-0.1, -0.05) is 13.8 Å². The zero-order valence-electron chi connectivity index (χ0n) is 9.66. The van der Waals surface area contributed by atoms with Gasteiger partial charge < -0.3 is 9.15 Å².